The van der Waals surface area contributed by atoms with E-state index in [1.54, 1.807) is 6.92 Å². The molecule has 0 unspecified atom stereocenters. The van der Waals surface area contributed by atoms with Gasteiger partial charge in [-0.2, -0.15) is 4.39 Å². The first-order valence-corrected chi connectivity index (χ1v) is 7.78. The highest BCUT2D eigenvalue weighted by Gasteiger charge is 2.19. The highest BCUT2D eigenvalue weighted by molar-refractivity contribution is 6.00. The topological polar surface area (TPSA) is 93.4 Å². The smallest absolute Gasteiger partial charge is 0.323 e. The van der Waals surface area contributed by atoms with Gasteiger partial charge in [0.2, 0.25) is 5.95 Å². The minimum atomic E-state index is -2.76. The van der Waals surface area contributed by atoms with Crippen LogP contribution in [0.4, 0.5) is 29.3 Å². The van der Waals surface area contributed by atoms with Gasteiger partial charge in [0.05, 0.1) is 23.7 Å². The van der Waals surface area contributed by atoms with Gasteiger partial charge in [-0.05, 0) is 19.1 Å². The van der Waals surface area contributed by atoms with Crippen LogP contribution in [-0.4, -0.2) is 32.7 Å². The Morgan fingerprint density at radius 3 is 2.74 bits per heavy atom. The van der Waals surface area contributed by atoms with Crippen molar-refractivity contribution in [2.45, 2.75) is 19.5 Å². The number of alkyl halides is 2. The standard InChI is InChI=1S/C16H15F3N6O2/c1-8(27-2)14-11(7-21-13-6-12(17)24-25(13)14)23-16(26)22-9-3-4-20-10(5-9)15(18)19/h3-8,15H,1-2H3,(H2,20,22,23,26)/t8-/m0/s1. The van der Waals surface area contributed by atoms with Crippen LogP contribution >= 0.6 is 0 Å². The number of nitrogens with zero attached hydrogens (tertiary/aromatic N) is 4. The van der Waals surface area contributed by atoms with Crippen molar-refractivity contribution in [2.75, 3.05) is 17.7 Å². The number of methoxy groups -OCH3 is 1. The molecule has 0 aliphatic heterocycles. The molecule has 0 aliphatic rings. The number of carbonyl (C=O) groups is 1. The monoisotopic (exact) mass is 380 g/mol. The Morgan fingerprint density at radius 2 is 2.04 bits per heavy atom. The maximum atomic E-state index is 13.5. The maximum Gasteiger partial charge on any atom is 0.323 e. The van der Waals surface area contributed by atoms with Crippen molar-refractivity contribution in [3.8, 4) is 0 Å². The van der Waals surface area contributed by atoms with Crippen LogP contribution in [0.2, 0.25) is 0 Å². The third kappa shape index (κ3) is 3.97. The van der Waals surface area contributed by atoms with Crippen LogP contribution in [0.15, 0.2) is 30.6 Å². The molecule has 0 aliphatic carbocycles. The van der Waals surface area contributed by atoms with Crippen LogP contribution < -0.4 is 10.6 Å². The fourth-order valence-electron chi connectivity index (χ4n) is 2.45. The zero-order chi connectivity index (χ0) is 19.6. The largest absolute Gasteiger partial charge is 0.375 e. The highest BCUT2D eigenvalue weighted by Crippen LogP contribution is 2.26. The molecule has 1 atom stereocenters. The SMILES string of the molecule is CO[C@@H](C)c1c(NC(=O)Nc2ccnc(C(F)F)c2)cnc2cc(F)nn12. The molecule has 3 heterocycles. The zero-order valence-corrected chi connectivity index (χ0v) is 14.3. The van der Waals surface area contributed by atoms with E-state index in [0.29, 0.717) is 5.69 Å². The number of rotatable bonds is 5. The van der Waals surface area contributed by atoms with Crippen molar-refractivity contribution in [3.05, 3.63) is 47.9 Å². The summed E-state index contributed by atoms with van der Waals surface area (Å²) < 4.78 is 45.4. The predicted molar refractivity (Wildman–Crippen MR) is 90.2 cm³/mol. The van der Waals surface area contributed by atoms with Crippen LogP contribution in [0.3, 0.4) is 0 Å². The van der Waals surface area contributed by atoms with Gasteiger partial charge in [0, 0.05) is 25.1 Å². The summed E-state index contributed by atoms with van der Waals surface area (Å²) in [5, 5.41) is 8.68. The Balaban J connectivity index is 1.87. The average molecular weight is 380 g/mol. The van der Waals surface area contributed by atoms with Crippen molar-refractivity contribution in [2.24, 2.45) is 0 Å². The quantitative estimate of drug-likeness (QED) is 0.706. The average Bonchev–Trinajstić information content (AvgIpc) is 3.01. The number of fused-ring (bicyclic) bond motifs is 1. The summed E-state index contributed by atoms with van der Waals surface area (Å²) in [5.74, 6) is -0.732. The van der Waals surface area contributed by atoms with Crippen molar-refractivity contribution in [3.63, 3.8) is 0 Å². The molecule has 11 heteroatoms. The van der Waals surface area contributed by atoms with Gasteiger partial charge >= 0.3 is 6.03 Å². The molecule has 2 N–H and O–H groups in total. The Hall–Kier alpha value is -3.21. The fraction of sp³-hybridized carbons (Fsp3) is 0.250. The number of pyridine rings is 1. The van der Waals surface area contributed by atoms with E-state index in [1.165, 1.54) is 23.9 Å². The summed E-state index contributed by atoms with van der Waals surface area (Å²) in [6, 6.07) is 2.86. The van der Waals surface area contributed by atoms with E-state index in [1.807, 2.05) is 0 Å². The molecule has 8 nitrogen and oxygen atoms in total. The second-order valence-electron chi connectivity index (χ2n) is 5.52. The van der Waals surface area contributed by atoms with Crippen LogP contribution in [0, 0.1) is 5.95 Å². The lowest BCUT2D eigenvalue weighted by atomic mass is 10.2. The first-order valence-electron chi connectivity index (χ1n) is 7.78. The van der Waals surface area contributed by atoms with Gasteiger partial charge in [0.15, 0.2) is 5.65 Å². The number of ether oxygens (including phenoxy) is 1. The molecule has 27 heavy (non-hydrogen) atoms. The van der Waals surface area contributed by atoms with Crippen LogP contribution in [0.1, 0.15) is 30.8 Å². The Morgan fingerprint density at radius 1 is 1.26 bits per heavy atom. The molecule has 0 saturated carbocycles. The number of aromatic nitrogens is 4. The van der Waals surface area contributed by atoms with Crippen molar-refractivity contribution >= 4 is 23.1 Å². The Labute approximate surface area is 151 Å². The molecular weight excluding hydrogens is 365 g/mol. The number of amides is 2. The Kier molecular flexibility index (Phi) is 5.21. The van der Waals surface area contributed by atoms with Gasteiger partial charge in [-0.15, -0.1) is 5.10 Å². The summed E-state index contributed by atoms with van der Waals surface area (Å²) >= 11 is 0. The van der Waals surface area contributed by atoms with E-state index < -0.39 is 30.2 Å². The van der Waals surface area contributed by atoms with Gasteiger partial charge in [-0.1, -0.05) is 0 Å². The van der Waals surface area contributed by atoms with Crippen molar-refractivity contribution < 1.29 is 22.7 Å². The lowest BCUT2D eigenvalue weighted by molar-refractivity contribution is 0.114. The summed E-state index contributed by atoms with van der Waals surface area (Å²) in [7, 11) is 1.45. The molecule has 3 aromatic heterocycles. The number of nitrogens with one attached hydrogen (secondary N) is 2. The second-order valence-corrected chi connectivity index (χ2v) is 5.52. The molecule has 0 saturated heterocycles. The maximum absolute atomic E-state index is 13.5. The van der Waals surface area contributed by atoms with E-state index in [9.17, 15) is 18.0 Å². The molecule has 2 amide bonds. The molecule has 0 spiro atoms. The van der Waals surface area contributed by atoms with Gasteiger partial charge in [0.1, 0.15) is 5.69 Å². The molecule has 0 fully saturated rings. The van der Waals surface area contributed by atoms with Crippen LogP contribution in [0.5, 0.6) is 0 Å². The van der Waals surface area contributed by atoms with Gasteiger partial charge in [-0.25, -0.2) is 23.1 Å². The van der Waals surface area contributed by atoms with Gasteiger partial charge in [0.25, 0.3) is 6.43 Å². The first kappa shape index (κ1) is 18.6. The minimum Gasteiger partial charge on any atom is -0.375 e. The van der Waals surface area contributed by atoms with E-state index in [2.05, 4.69) is 25.7 Å². The minimum absolute atomic E-state index is 0.137. The van der Waals surface area contributed by atoms with E-state index in [-0.39, 0.29) is 17.0 Å². The molecule has 3 rings (SSSR count). The zero-order valence-electron chi connectivity index (χ0n) is 14.3. The molecular formula is C16H15F3N6O2. The Bertz CT molecular complexity index is 978. The highest BCUT2D eigenvalue weighted by atomic mass is 19.3. The molecule has 0 radical (unpaired) electrons. The molecule has 3 aromatic rings. The van der Waals surface area contributed by atoms with Gasteiger partial charge < -0.3 is 15.4 Å². The lowest BCUT2D eigenvalue weighted by Gasteiger charge is -2.17. The fourth-order valence-corrected chi connectivity index (χ4v) is 2.45. The predicted octanol–water partition coefficient (Wildman–Crippen LogP) is 3.55. The third-order valence-electron chi connectivity index (χ3n) is 3.74. The van der Waals surface area contributed by atoms with Crippen LogP contribution in [0.25, 0.3) is 5.65 Å². The summed E-state index contributed by atoms with van der Waals surface area (Å²) in [6.07, 6.45) is -0.810. The first-order chi connectivity index (χ1) is 12.9. The molecule has 142 valence electrons. The normalized spacial score (nSPS) is 12.4. The molecule has 0 aromatic carbocycles. The third-order valence-corrected chi connectivity index (χ3v) is 3.74. The number of carbonyl (C=O) groups excluding carboxylic acids is 1. The number of hydrogen-bond acceptors (Lipinski definition) is 5. The molecule has 0 bridgehead atoms. The lowest BCUT2D eigenvalue weighted by Crippen LogP contribution is -2.22. The van der Waals surface area contributed by atoms with Gasteiger partial charge in [-0.3, -0.25) is 4.98 Å². The summed E-state index contributed by atoms with van der Waals surface area (Å²) in [5.41, 5.74) is 0.508. The number of halogens is 3. The summed E-state index contributed by atoms with van der Waals surface area (Å²) in [4.78, 5) is 19.8. The van der Waals surface area contributed by atoms with Crippen molar-refractivity contribution in [1.29, 1.82) is 0 Å². The summed E-state index contributed by atoms with van der Waals surface area (Å²) in [6.45, 7) is 1.69. The number of anilines is 2. The van der Waals surface area contributed by atoms with E-state index >= 15 is 0 Å². The van der Waals surface area contributed by atoms with E-state index in [4.69, 9.17) is 4.74 Å². The van der Waals surface area contributed by atoms with Crippen molar-refractivity contribution in [1.82, 2.24) is 19.6 Å². The van der Waals surface area contributed by atoms with Crippen LogP contribution in [-0.2, 0) is 4.74 Å². The van der Waals surface area contributed by atoms with E-state index in [0.717, 1.165) is 18.3 Å². The number of hydrogen-bond donors (Lipinski definition) is 2. The number of urea groups is 1. The second kappa shape index (κ2) is 7.58.